The molecule has 1 saturated carbocycles. The number of allylic oxidation sites excluding steroid dienone is 1. The van der Waals surface area contributed by atoms with E-state index in [1.165, 1.54) is 5.57 Å². The van der Waals surface area contributed by atoms with E-state index >= 15 is 0 Å². The second-order valence-corrected chi connectivity index (χ2v) is 4.85. The van der Waals surface area contributed by atoms with Gasteiger partial charge in [0.25, 0.3) is 10.1 Å². The minimum atomic E-state index is -3.27. The van der Waals surface area contributed by atoms with Gasteiger partial charge in [0.2, 0.25) is 0 Å². The van der Waals surface area contributed by atoms with Crippen molar-refractivity contribution in [1.29, 1.82) is 0 Å². The van der Waals surface area contributed by atoms with Gasteiger partial charge in [-0.15, -0.1) is 0 Å². The average molecular weight is 190 g/mol. The Kier molecular flexibility index (Phi) is 2.90. The van der Waals surface area contributed by atoms with E-state index in [1.807, 2.05) is 0 Å². The number of hydrogen-bond acceptors (Lipinski definition) is 3. The van der Waals surface area contributed by atoms with Crippen LogP contribution in [0.2, 0.25) is 0 Å². The molecule has 0 heterocycles. The zero-order valence-corrected chi connectivity index (χ0v) is 8.06. The molecule has 0 aliphatic heterocycles. The quantitative estimate of drug-likeness (QED) is 0.489. The van der Waals surface area contributed by atoms with E-state index in [2.05, 4.69) is 6.58 Å². The highest BCUT2D eigenvalue weighted by atomic mass is 32.2. The molecule has 0 unspecified atom stereocenters. The molecule has 12 heavy (non-hydrogen) atoms. The van der Waals surface area contributed by atoms with Gasteiger partial charge in [-0.3, -0.25) is 4.18 Å². The standard InChI is InChI=1S/C8H14O3S/c1-7-3-5-8(6-4-7)11-12(2,9)10/h8H,1,3-6H2,2H3. The van der Waals surface area contributed by atoms with Crippen molar-refractivity contribution < 1.29 is 12.6 Å². The molecule has 1 aliphatic rings. The van der Waals surface area contributed by atoms with Gasteiger partial charge in [-0.05, 0) is 25.7 Å². The van der Waals surface area contributed by atoms with Crippen LogP contribution in [0.4, 0.5) is 0 Å². The maximum Gasteiger partial charge on any atom is 0.264 e. The maximum atomic E-state index is 10.7. The van der Waals surface area contributed by atoms with Gasteiger partial charge < -0.3 is 0 Å². The summed E-state index contributed by atoms with van der Waals surface area (Å²) in [7, 11) is -3.27. The molecule has 0 aromatic rings. The van der Waals surface area contributed by atoms with E-state index in [0.29, 0.717) is 0 Å². The Morgan fingerprint density at radius 2 is 1.92 bits per heavy atom. The summed E-state index contributed by atoms with van der Waals surface area (Å²) in [4.78, 5) is 0. The first-order valence-electron chi connectivity index (χ1n) is 4.02. The van der Waals surface area contributed by atoms with Crippen LogP contribution in [0, 0.1) is 0 Å². The summed E-state index contributed by atoms with van der Waals surface area (Å²) in [6.45, 7) is 3.84. The molecule has 1 rings (SSSR count). The zero-order chi connectivity index (χ0) is 9.19. The molecule has 0 spiro atoms. The van der Waals surface area contributed by atoms with Crippen molar-refractivity contribution in [2.75, 3.05) is 6.26 Å². The van der Waals surface area contributed by atoms with Crippen LogP contribution in [-0.4, -0.2) is 20.8 Å². The van der Waals surface area contributed by atoms with Crippen molar-refractivity contribution in [3.05, 3.63) is 12.2 Å². The van der Waals surface area contributed by atoms with Crippen molar-refractivity contribution in [2.45, 2.75) is 31.8 Å². The predicted molar refractivity (Wildman–Crippen MR) is 47.3 cm³/mol. The van der Waals surface area contributed by atoms with Crippen LogP contribution in [0.1, 0.15) is 25.7 Å². The van der Waals surface area contributed by atoms with Gasteiger partial charge in [-0.25, -0.2) is 0 Å². The van der Waals surface area contributed by atoms with Gasteiger partial charge in [0, 0.05) is 0 Å². The Hall–Kier alpha value is -0.350. The third kappa shape index (κ3) is 3.36. The maximum absolute atomic E-state index is 10.7. The van der Waals surface area contributed by atoms with E-state index < -0.39 is 10.1 Å². The lowest BCUT2D eigenvalue weighted by Crippen LogP contribution is -2.20. The van der Waals surface area contributed by atoms with E-state index in [4.69, 9.17) is 4.18 Å². The monoisotopic (exact) mass is 190 g/mol. The van der Waals surface area contributed by atoms with Crippen LogP contribution < -0.4 is 0 Å². The Morgan fingerprint density at radius 1 is 1.42 bits per heavy atom. The Labute approximate surface area is 73.5 Å². The Morgan fingerprint density at radius 3 is 2.33 bits per heavy atom. The van der Waals surface area contributed by atoms with Gasteiger partial charge in [0.05, 0.1) is 12.4 Å². The van der Waals surface area contributed by atoms with Crippen LogP contribution >= 0.6 is 0 Å². The summed E-state index contributed by atoms with van der Waals surface area (Å²) < 4.78 is 26.3. The van der Waals surface area contributed by atoms with Gasteiger partial charge in [-0.1, -0.05) is 12.2 Å². The van der Waals surface area contributed by atoms with Gasteiger partial charge in [0.1, 0.15) is 0 Å². The van der Waals surface area contributed by atoms with Crippen molar-refractivity contribution in [2.24, 2.45) is 0 Å². The second kappa shape index (κ2) is 3.58. The van der Waals surface area contributed by atoms with Crippen LogP contribution in [0.25, 0.3) is 0 Å². The highest BCUT2D eigenvalue weighted by Gasteiger charge is 2.19. The number of rotatable bonds is 2. The lowest BCUT2D eigenvalue weighted by molar-refractivity contribution is 0.178. The minimum Gasteiger partial charge on any atom is -0.267 e. The first-order valence-corrected chi connectivity index (χ1v) is 5.84. The topological polar surface area (TPSA) is 43.4 Å². The normalized spacial score (nSPS) is 21.2. The van der Waals surface area contributed by atoms with Gasteiger partial charge >= 0.3 is 0 Å². The Bertz CT molecular complexity index is 256. The van der Waals surface area contributed by atoms with E-state index in [1.54, 1.807) is 0 Å². The number of hydrogen-bond donors (Lipinski definition) is 0. The fourth-order valence-corrected chi connectivity index (χ4v) is 2.03. The van der Waals surface area contributed by atoms with Gasteiger partial charge in [0.15, 0.2) is 0 Å². The molecule has 1 aliphatic carbocycles. The summed E-state index contributed by atoms with van der Waals surface area (Å²) in [6, 6.07) is 0. The molecule has 0 aromatic carbocycles. The summed E-state index contributed by atoms with van der Waals surface area (Å²) >= 11 is 0. The second-order valence-electron chi connectivity index (χ2n) is 3.25. The molecule has 0 saturated heterocycles. The van der Waals surface area contributed by atoms with Crippen LogP contribution in [-0.2, 0) is 14.3 Å². The summed E-state index contributed by atoms with van der Waals surface area (Å²) in [5, 5.41) is 0. The third-order valence-electron chi connectivity index (χ3n) is 1.95. The molecular formula is C8H14O3S. The molecule has 70 valence electrons. The summed E-state index contributed by atoms with van der Waals surface area (Å²) in [5.74, 6) is 0. The average Bonchev–Trinajstić information content (AvgIpc) is 1.91. The fourth-order valence-electron chi connectivity index (χ4n) is 1.34. The van der Waals surface area contributed by atoms with Crippen molar-refractivity contribution in [3.63, 3.8) is 0 Å². The highest BCUT2D eigenvalue weighted by molar-refractivity contribution is 7.86. The lowest BCUT2D eigenvalue weighted by Gasteiger charge is -2.21. The highest BCUT2D eigenvalue weighted by Crippen LogP contribution is 2.24. The zero-order valence-electron chi connectivity index (χ0n) is 7.25. The first-order chi connectivity index (χ1) is 5.47. The van der Waals surface area contributed by atoms with Crippen LogP contribution in [0.3, 0.4) is 0 Å². The molecule has 0 aromatic heterocycles. The molecule has 0 bridgehead atoms. The predicted octanol–water partition coefficient (Wildman–Crippen LogP) is 1.46. The SMILES string of the molecule is C=C1CCC(OS(C)(=O)=O)CC1. The lowest BCUT2D eigenvalue weighted by atomic mass is 9.94. The molecule has 1 fully saturated rings. The van der Waals surface area contributed by atoms with Crippen molar-refractivity contribution in [1.82, 2.24) is 0 Å². The van der Waals surface area contributed by atoms with Crippen LogP contribution in [0.15, 0.2) is 12.2 Å². The molecule has 0 atom stereocenters. The first kappa shape index (κ1) is 9.74. The van der Waals surface area contributed by atoms with Gasteiger partial charge in [-0.2, -0.15) is 8.42 Å². The molecule has 3 nitrogen and oxygen atoms in total. The smallest absolute Gasteiger partial charge is 0.264 e. The fraction of sp³-hybridized carbons (Fsp3) is 0.750. The van der Waals surface area contributed by atoms with Crippen molar-refractivity contribution >= 4 is 10.1 Å². The van der Waals surface area contributed by atoms with Crippen LogP contribution in [0.5, 0.6) is 0 Å². The Balaban J connectivity index is 2.41. The van der Waals surface area contributed by atoms with E-state index in [0.717, 1.165) is 31.9 Å². The molecule has 0 amide bonds. The summed E-state index contributed by atoms with van der Waals surface area (Å²) in [5.41, 5.74) is 1.20. The minimum absolute atomic E-state index is 0.120. The van der Waals surface area contributed by atoms with Crippen molar-refractivity contribution in [3.8, 4) is 0 Å². The molecule has 0 radical (unpaired) electrons. The molecule has 4 heteroatoms. The molecule has 0 N–H and O–H groups in total. The van der Waals surface area contributed by atoms with E-state index in [9.17, 15) is 8.42 Å². The molecular weight excluding hydrogens is 176 g/mol. The third-order valence-corrected chi connectivity index (χ3v) is 2.57. The van der Waals surface area contributed by atoms with E-state index in [-0.39, 0.29) is 6.10 Å². The summed E-state index contributed by atoms with van der Waals surface area (Å²) in [6.07, 6.45) is 4.32. The largest absolute Gasteiger partial charge is 0.267 e.